The first-order valence-electron chi connectivity index (χ1n) is 7.83. The van der Waals surface area contributed by atoms with Gasteiger partial charge in [-0.1, -0.05) is 12.0 Å². The largest absolute Gasteiger partial charge is 0.356 e. The summed E-state index contributed by atoms with van der Waals surface area (Å²) in [4.78, 5) is 32.5. The Bertz CT molecular complexity index is 829. The second-order valence-electron chi connectivity index (χ2n) is 5.75. The van der Waals surface area contributed by atoms with Crippen LogP contribution in [-0.4, -0.2) is 29.0 Å². The SMILES string of the molecule is C#Cc1cccc(NC(=O)C2CCN(c3cc(=O)[nH]cn3)CC2)c1. The van der Waals surface area contributed by atoms with Crippen LogP contribution < -0.4 is 15.8 Å². The number of aromatic amines is 1. The summed E-state index contributed by atoms with van der Waals surface area (Å²) in [5, 5.41) is 2.93. The highest BCUT2D eigenvalue weighted by atomic mass is 16.2. The van der Waals surface area contributed by atoms with E-state index in [2.05, 4.69) is 21.2 Å². The van der Waals surface area contributed by atoms with Crippen molar-refractivity contribution >= 4 is 17.4 Å². The first-order valence-corrected chi connectivity index (χ1v) is 7.83. The lowest BCUT2D eigenvalue weighted by Gasteiger charge is -2.31. The van der Waals surface area contributed by atoms with Gasteiger partial charge < -0.3 is 15.2 Å². The van der Waals surface area contributed by atoms with Crippen LogP contribution in [-0.2, 0) is 4.79 Å². The number of anilines is 2. The number of aromatic nitrogens is 2. The Balaban J connectivity index is 1.59. The molecule has 1 fully saturated rings. The van der Waals surface area contributed by atoms with E-state index in [0.29, 0.717) is 24.6 Å². The number of rotatable bonds is 3. The summed E-state index contributed by atoms with van der Waals surface area (Å²) in [5.41, 5.74) is 1.28. The molecule has 1 amide bonds. The molecule has 24 heavy (non-hydrogen) atoms. The van der Waals surface area contributed by atoms with Gasteiger partial charge in [0.05, 0.1) is 6.33 Å². The standard InChI is InChI=1S/C18H18N4O2/c1-2-13-4-3-5-15(10-13)21-18(24)14-6-8-22(9-7-14)16-11-17(23)20-12-19-16/h1,3-5,10-12,14H,6-9H2,(H,21,24)(H,19,20,23). The Labute approximate surface area is 139 Å². The van der Waals surface area contributed by atoms with Gasteiger partial charge in [0, 0.05) is 36.3 Å². The molecule has 0 unspecified atom stereocenters. The lowest BCUT2D eigenvalue weighted by molar-refractivity contribution is -0.120. The average molecular weight is 322 g/mol. The van der Waals surface area contributed by atoms with Crippen LogP contribution in [0.1, 0.15) is 18.4 Å². The van der Waals surface area contributed by atoms with E-state index in [1.165, 1.54) is 12.4 Å². The van der Waals surface area contributed by atoms with Gasteiger partial charge in [-0.25, -0.2) is 4.98 Å². The Kier molecular flexibility index (Phi) is 4.62. The van der Waals surface area contributed by atoms with Crippen molar-refractivity contribution in [3.8, 4) is 12.3 Å². The van der Waals surface area contributed by atoms with Crippen molar-refractivity contribution in [2.75, 3.05) is 23.3 Å². The zero-order valence-corrected chi connectivity index (χ0v) is 13.2. The molecule has 2 N–H and O–H groups in total. The van der Waals surface area contributed by atoms with Crippen molar-refractivity contribution in [1.29, 1.82) is 0 Å². The number of terminal acetylenes is 1. The summed E-state index contributed by atoms with van der Waals surface area (Å²) < 4.78 is 0. The number of hydrogen-bond donors (Lipinski definition) is 2. The molecule has 0 atom stereocenters. The van der Waals surface area contributed by atoms with E-state index in [4.69, 9.17) is 6.42 Å². The number of amides is 1. The van der Waals surface area contributed by atoms with Gasteiger partial charge in [0.15, 0.2) is 0 Å². The number of benzene rings is 1. The summed E-state index contributed by atoms with van der Waals surface area (Å²) >= 11 is 0. The van der Waals surface area contributed by atoms with Gasteiger partial charge in [-0.2, -0.15) is 0 Å². The summed E-state index contributed by atoms with van der Waals surface area (Å²) in [5.74, 6) is 3.15. The fourth-order valence-corrected chi connectivity index (χ4v) is 2.83. The van der Waals surface area contributed by atoms with Crippen molar-refractivity contribution in [3.63, 3.8) is 0 Å². The highest BCUT2D eigenvalue weighted by Gasteiger charge is 2.25. The van der Waals surface area contributed by atoms with Crippen LogP contribution in [0.25, 0.3) is 0 Å². The predicted molar refractivity (Wildman–Crippen MR) is 92.8 cm³/mol. The maximum atomic E-state index is 12.4. The topological polar surface area (TPSA) is 78.1 Å². The van der Waals surface area contributed by atoms with Crippen molar-refractivity contribution < 1.29 is 4.79 Å². The van der Waals surface area contributed by atoms with Gasteiger partial charge in [0.1, 0.15) is 5.82 Å². The Morgan fingerprint density at radius 1 is 1.33 bits per heavy atom. The molecule has 1 aliphatic rings. The molecule has 0 saturated carbocycles. The average Bonchev–Trinajstić information content (AvgIpc) is 2.62. The molecular formula is C18H18N4O2. The van der Waals surface area contributed by atoms with Crippen LogP contribution in [0.4, 0.5) is 11.5 Å². The van der Waals surface area contributed by atoms with Gasteiger partial charge >= 0.3 is 0 Å². The first-order chi connectivity index (χ1) is 11.7. The Morgan fingerprint density at radius 2 is 2.12 bits per heavy atom. The van der Waals surface area contributed by atoms with Crippen LogP contribution >= 0.6 is 0 Å². The molecule has 0 radical (unpaired) electrons. The van der Waals surface area contributed by atoms with E-state index >= 15 is 0 Å². The molecule has 2 heterocycles. The van der Waals surface area contributed by atoms with Crippen LogP contribution in [0.3, 0.4) is 0 Å². The summed E-state index contributed by atoms with van der Waals surface area (Å²) in [6.45, 7) is 1.39. The fraction of sp³-hybridized carbons (Fsp3) is 0.278. The van der Waals surface area contributed by atoms with E-state index in [9.17, 15) is 9.59 Å². The maximum absolute atomic E-state index is 12.4. The third-order valence-corrected chi connectivity index (χ3v) is 4.15. The molecule has 2 aromatic rings. The minimum absolute atomic E-state index is 0.00249. The number of hydrogen-bond acceptors (Lipinski definition) is 4. The lowest BCUT2D eigenvalue weighted by atomic mass is 9.95. The van der Waals surface area contributed by atoms with Gasteiger partial charge in [0.25, 0.3) is 5.56 Å². The zero-order valence-electron chi connectivity index (χ0n) is 13.2. The summed E-state index contributed by atoms with van der Waals surface area (Å²) in [6.07, 6.45) is 8.21. The predicted octanol–water partition coefficient (Wildman–Crippen LogP) is 1.61. The number of nitrogens with zero attached hydrogens (tertiary/aromatic N) is 2. The molecule has 122 valence electrons. The van der Waals surface area contributed by atoms with E-state index in [0.717, 1.165) is 18.4 Å². The van der Waals surface area contributed by atoms with Crippen LogP contribution in [0.5, 0.6) is 0 Å². The minimum Gasteiger partial charge on any atom is -0.356 e. The quantitative estimate of drug-likeness (QED) is 0.842. The highest BCUT2D eigenvalue weighted by molar-refractivity contribution is 5.92. The van der Waals surface area contributed by atoms with E-state index in [1.807, 2.05) is 23.1 Å². The van der Waals surface area contributed by atoms with E-state index < -0.39 is 0 Å². The third kappa shape index (κ3) is 3.63. The molecule has 1 saturated heterocycles. The molecule has 0 spiro atoms. The molecule has 6 heteroatoms. The van der Waals surface area contributed by atoms with E-state index in [1.54, 1.807) is 6.07 Å². The van der Waals surface area contributed by atoms with Gasteiger partial charge in [0.2, 0.25) is 5.91 Å². The second-order valence-corrected chi connectivity index (χ2v) is 5.75. The van der Waals surface area contributed by atoms with Crippen LogP contribution in [0, 0.1) is 18.3 Å². The Hall–Kier alpha value is -3.07. The normalized spacial score (nSPS) is 14.9. The maximum Gasteiger partial charge on any atom is 0.252 e. The van der Waals surface area contributed by atoms with Crippen molar-refractivity contribution in [1.82, 2.24) is 9.97 Å². The lowest BCUT2D eigenvalue weighted by Crippen LogP contribution is -2.39. The number of piperidine rings is 1. The number of H-pyrrole nitrogens is 1. The number of carbonyl (C=O) groups is 1. The van der Waals surface area contributed by atoms with Gasteiger partial charge in [-0.3, -0.25) is 9.59 Å². The molecule has 3 rings (SSSR count). The van der Waals surface area contributed by atoms with Crippen LogP contribution in [0.2, 0.25) is 0 Å². The smallest absolute Gasteiger partial charge is 0.252 e. The first kappa shape index (κ1) is 15.8. The molecule has 0 aliphatic carbocycles. The van der Waals surface area contributed by atoms with Gasteiger partial charge in [-0.15, -0.1) is 6.42 Å². The summed E-state index contributed by atoms with van der Waals surface area (Å²) in [6, 6.07) is 8.74. The van der Waals surface area contributed by atoms with Crippen LogP contribution in [0.15, 0.2) is 41.5 Å². The van der Waals surface area contributed by atoms with Crippen molar-refractivity contribution in [2.24, 2.45) is 5.92 Å². The fourth-order valence-electron chi connectivity index (χ4n) is 2.83. The Morgan fingerprint density at radius 3 is 2.83 bits per heavy atom. The molecular weight excluding hydrogens is 304 g/mol. The molecule has 1 aliphatic heterocycles. The molecule has 1 aromatic heterocycles. The van der Waals surface area contributed by atoms with Gasteiger partial charge in [-0.05, 0) is 31.0 Å². The highest BCUT2D eigenvalue weighted by Crippen LogP contribution is 2.22. The molecule has 0 bridgehead atoms. The molecule has 6 nitrogen and oxygen atoms in total. The van der Waals surface area contributed by atoms with Crippen molar-refractivity contribution in [3.05, 3.63) is 52.6 Å². The second kappa shape index (κ2) is 7.01. The monoisotopic (exact) mass is 322 g/mol. The third-order valence-electron chi connectivity index (χ3n) is 4.15. The number of nitrogens with one attached hydrogen (secondary N) is 2. The van der Waals surface area contributed by atoms with E-state index in [-0.39, 0.29) is 17.4 Å². The molecule has 1 aromatic carbocycles. The number of carbonyl (C=O) groups excluding carboxylic acids is 1. The summed E-state index contributed by atoms with van der Waals surface area (Å²) in [7, 11) is 0. The minimum atomic E-state index is -0.173. The zero-order chi connectivity index (χ0) is 16.9. The van der Waals surface area contributed by atoms with Crippen molar-refractivity contribution in [2.45, 2.75) is 12.8 Å².